The lowest BCUT2D eigenvalue weighted by Gasteiger charge is -2.29. The molecule has 0 radical (unpaired) electrons. The quantitative estimate of drug-likeness (QED) is 0.306. The molecule has 2 aliphatic rings. The number of nitrogens with one attached hydrogen (secondary N) is 1. The zero-order chi connectivity index (χ0) is 24.1. The van der Waals surface area contributed by atoms with E-state index in [-0.39, 0.29) is 30.6 Å². The van der Waals surface area contributed by atoms with Crippen LogP contribution < -0.4 is 5.32 Å². The van der Waals surface area contributed by atoms with Gasteiger partial charge in [0.25, 0.3) is 5.91 Å². The molecule has 0 spiro atoms. The number of aliphatic carboxylic acids is 1. The standard InChI is InChI=1S/C26H28N2O5S/c29-23-14-13-21(25(32)27-23)28-16-20-19(26(28)33)6-2-7-22(20)34-15-3-5-18-11-9-17(10-12-18)4-1-8-24(30)31/h2,6-7,9-12,21H,1,3-5,8,13-16H2,(H,30,31)(H,27,29,32). The third-order valence-electron chi connectivity index (χ3n) is 6.29. The van der Waals surface area contributed by atoms with Crippen LogP contribution >= 0.6 is 11.8 Å². The molecular formula is C26H28N2O5S. The largest absolute Gasteiger partial charge is 0.481 e. The van der Waals surface area contributed by atoms with Crippen LogP contribution in [0, 0.1) is 0 Å². The summed E-state index contributed by atoms with van der Waals surface area (Å²) in [6, 6.07) is 13.5. The number of piperidine rings is 1. The zero-order valence-electron chi connectivity index (χ0n) is 18.9. The van der Waals surface area contributed by atoms with Gasteiger partial charge in [-0.25, -0.2) is 0 Å². The second kappa shape index (κ2) is 10.9. The maximum Gasteiger partial charge on any atom is 0.303 e. The van der Waals surface area contributed by atoms with Crippen molar-refractivity contribution in [1.29, 1.82) is 0 Å². The van der Waals surface area contributed by atoms with Gasteiger partial charge < -0.3 is 10.0 Å². The van der Waals surface area contributed by atoms with Crippen LogP contribution in [0.25, 0.3) is 0 Å². The molecule has 3 amide bonds. The second-order valence-corrected chi connectivity index (χ2v) is 9.83. The number of thioether (sulfide) groups is 1. The number of carboxylic acid groups (broad SMARTS) is 1. The van der Waals surface area contributed by atoms with Crippen LogP contribution in [0.4, 0.5) is 0 Å². The maximum absolute atomic E-state index is 12.9. The van der Waals surface area contributed by atoms with Crippen LogP contribution in [0.5, 0.6) is 0 Å². The van der Waals surface area contributed by atoms with Gasteiger partial charge in [-0.15, -0.1) is 11.8 Å². The van der Waals surface area contributed by atoms with Gasteiger partial charge in [-0.05, 0) is 66.7 Å². The molecule has 1 saturated heterocycles. The van der Waals surface area contributed by atoms with E-state index in [0.29, 0.717) is 24.9 Å². The van der Waals surface area contributed by atoms with E-state index < -0.39 is 12.0 Å². The van der Waals surface area contributed by atoms with Crippen LogP contribution in [0.3, 0.4) is 0 Å². The number of imide groups is 1. The van der Waals surface area contributed by atoms with Crippen molar-refractivity contribution in [3.05, 3.63) is 64.7 Å². The molecular weight excluding hydrogens is 452 g/mol. The molecule has 8 heteroatoms. The average Bonchev–Trinajstić information content (AvgIpc) is 3.14. The van der Waals surface area contributed by atoms with Crippen molar-refractivity contribution in [2.75, 3.05) is 5.75 Å². The molecule has 178 valence electrons. The highest BCUT2D eigenvalue weighted by Gasteiger charge is 2.39. The Morgan fingerprint density at radius 3 is 2.41 bits per heavy atom. The first kappa shape index (κ1) is 24.0. The van der Waals surface area contributed by atoms with Crippen molar-refractivity contribution >= 4 is 35.5 Å². The van der Waals surface area contributed by atoms with E-state index in [1.807, 2.05) is 18.2 Å². The molecule has 2 heterocycles. The van der Waals surface area contributed by atoms with E-state index in [2.05, 4.69) is 29.6 Å². The van der Waals surface area contributed by atoms with Gasteiger partial charge in [0.15, 0.2) is 0 Å². The molecule has 1 fully saturated rings. The fraction of sp³-hybridized carbons (Fsp3) is 0.385. The summed E-state index contributed by atoms with van der Waals surface area (Å²) >= 11 is 1.72. The molecule has 1 atom stereocenters. The van der Waals surface area contributed by atoms with E-state index in [4.69, 9.17) is 5.11 Å². The first-order valence-corrected chi connectivity index (χ1v) is 12.6. The Hall–Kier alpha value is -3.13. The summed E-state index contributed by atoms with van der Waals surface area (Å²) in [7, 11) is 0. The van der Waals surface area contributed by atoms with Crippen molar-refractivity contribution in [1.82, 2.24) is 10.2 Å². The third-order valence-corrected chi connectivity index (χ3v) is 7.47. The maximum atomic E-state index is 12.9. The van der Waals surface area contributed by atoms with Crippen LogP contribution in [0.15, 0.2) is 47.4 Å². The number of fused-ring (bicyclic) bond motifs is 1. The van der Waals surface area contributed by atoms with Crippen LogP contribution in [-0.2, 0) is 33.8 Å². The number of carboxylic acids is 1. The van der Waals surface area contributed by atoms with Gasteiger partial charge in [0, 0.05) is 29.8 Å². The van der Waals surface area contributed by atoms with Gasteiger partial charge >= 0.3 is 5.97 Å². The van der Waals surface area contributed by atoms with Gasteiger partial charge in [0.2, 0.25) is 11.8 Å². The van der Waals surface area contributed by atoms with E-state index in [1.54, 1.807) is 16.7 Å². The topological polar surface area (TPSA) is 104 Å². The molecule has 2 aliphatic heterocycles. The highest BCUT2D eigenvalue weighted by atomic mass is 32.2. The molecule has 1 unspecified atom stereocenters. The third kappa shape index (κ3) is 5.67. The Balaban J connectivity index is 1.29. The molecule has 34 heavy (non-hydrogen) atoms. The fourth-order valence-corrected chi connectivity index (χ4v) is 5.50. The summed E-state index contributed by atoms with van der Waals surface area (Å²) in [5, 5.41) is 11.1. The lowest BCUT2D eigenvalue weighted by molar-refractivity contribution is -0.138. The molecule has 0 aliphatic carbocycles. The molecule has 0 aromatic heterocycles. The minimum absolute atomic E-state index is 0.143. The van der Waals surface area contributed by atoms with Gasteiger partial charge in [-0.1, -0.05) is 30.3 Å². The lowest BCUT2D eigenvalue weighted by atomic mass is 10.0. The normalized spacial score (nSPS) is 17.6. The van der Waals surface area contributed by atoms with Gasteiger partial charge in [-0.2, -0.15) is 0 Å². The highest BCUT2D eigenvalue weighted by Crippen LogP contribution is 2.34. The van der Waals surface area contributed by atoms with Gasteiger partial charge in [-0.3, -0.25) is 24.5 Å². The van der Waals surface area contributed by atoms with Crippen molar-refractivity contribution in [2.45, 2.75) is 62.4 Å². The number of rotatable bonds is 10. The first-order valence-electron chi connectivity index (χ1n) is 11.6. The van der Waals surface area contributed by atoms with Crippen molar-refractivity contribution in [2.24, 2.45) is 0 Å². The predicted molar refractivity (Wildman–Crippen MR) is 129 cm³/mol. The SMILES string of the molecule is O=C(O)CCCc1ccc(CCCSc2cccc3c2CN(C2CCC(=O)NC2=O)C3=O)cc1. The summed E-state index contributed by atoms with van der Waals surface area (Å²) in [6.45, 7) is 0.396. The molecule has 0 bridgehead atoms. The summed E-state index contributed by atoms with van der Waals surface area (Å²) in [6.07, 6.45) is 4.16. The van der Waals surface area contributed by atoms with Crippen molar-refractivity contribution < 1.29 is 24.3 Å². The number of amides is 3. The van der Waals surface area contributed by atoms with E-state index >= 15 is 0 Å². The number of benzene rings is 2. The molecule has 2 N–H and O–H groups in total. The fourth-order valence-electron chi connectivity index (χ4n) is 4.47. The second-order valence-electron chi connectivity index (χ2n) is 8.70. The number of hydrogen-bond donors (Lipinski definition) is 2. The number of aryl methyl sites for hydroxylation is 2. The van der Waals surface area contributed by atoms with Crippen LogP contribution in [0.2, 0.25) is 0 Å². The molecule has 4 rings (SSSR count). The molecule has 2 aromatic rings. The monoisotopic (exact) mass is 480 g/mol. The smallest absolute Gasteiger partial charge is 0.303 e. The van der Waals surface area contributed by atoms with E-state index in [1.165, 1.54) is 5.56 Å². The summed E-state index contributed by atoms with van der Waals surface area (Å²) < 4.78 is 0. The number of carbonyl (C=O) groups excluding carboxylic acids is 3. The van der Waals surface area contributed by atoms with Crippen LogP contribution in [0.1, 0.15) is 59.2 Å². The molecule has 0 saturated carbocycles. The van der Waals surface area contributed by atoms with Crippen LogP contribution in [-0.4, -0.2) is 45.5 Å². The Labute approximate surface area is 202 Å². The lowest BCUT2D eigenvalue weighted by Crippen LogP contribution is -2.52. The Morgan fingerprint density at radius 1 is 1.03 bits per heavy atom. The van der Waals surface area contributed by atoms with Crippen molar-refractivity contribution in [3.8, 4) is 0 Å². The molecule has 2 aromatic carbocycles. The van der Waals surface area contributed by atoms with Crippen molar-refractivity contribution in [3.63, 3.8) is 0 Å². The average molecular weight is 481 g/mol. The number of carbonyl (C=O) groups is 4. The summed E-state index contributed by atoms with van der Waals surface area (Å²) in [5.74, 6) is -0.667. The number of nitrogens with zero attached hydrogens (tertiary/aromatic N) is 1. The van der Waals surface area contributed by atoms with E-state index in [9.17, 15) is 19.2 Å². The minimum atomic E-state index is -0.758. The Kier molecular flexibility index (Phi) is 7.67. The van der Waals surface area contributed by atoms with Gasteiger partial charge in [0.05, 0.1) is 0 Å². The predicted octanol–water partition coefficient (Wildman–Crippen LogP) is 3.58. The Morgan fingerprint density at radius 2 is 1.74 bits per heavy atom. The minimum Gasteiger partial charge on any atom is -0.481 e. The Bertz CT molecular complexity index is 1100. The molecule has 7 nitrogen and oxygen atoms in total. The summed E-state index contributed by atoms with van der Waals surface area (Å²) in [5.41, 5.74) is 4.02. The van der Waals surface area contributed by atoms with Gasteiger partial charge in [0.1, 0.15) is 6.04 Å². The highest BCUT2D eigenvalue weighted by molar-refractivity contribution is 7.99. The van der Waals surface area contributed by atoms with E-state index in [0.717, 1.165) is 41.0 Å². The first-order chi connectivity index (χ1) is 16.4. The summed E-state index contributed by atoms with van der Waals surface area (Å²) in [4.78, 5) is 50.0. The zero-order valence-corrected chi connectivity index (χ0v) is 19.7. The number of hydrogen-bond acceptors (Lipinski definition) is 5.